The summed E-state index contributed by atoms with van der Waals surface area (Å²) in [5.74, 6) is 0.446. The van der Waals surface area contributed by atoms with E-state index in [0.29, 0.717) is 17.2 Å². The summed E-state index contributed by atoms with van der Waals surface area (Å²) in [5, 5.41) is 10.1. The Morgan fingerprint density at radius 3 is 2.20 bits per heavy atom. The van der Waals surface area contributed by atoms with E-state index in [2.05, 4.69) is 31.7 Å². The monoisotopic (exact) mass is 275 g/mol. The molecule has 1 N–H and O–H groups in total. The molecule has 1 atom stereocenters. The molecule has 2 nitrogen and oxygen atoms in total. The molecule has 1 aliphatic heterocycles. The molecule has 20 heavy (non-hydrogen) atoms. The molecular formula is C18H29NO. The third-order valence-electron chi connectivity index (χ3n) is 5.48. The van der Waals surface area contributed by atoms with Gasteiger partial charge in [-0.1, -0.05) is 51.8 Å². The molecule has 1 saturated heterocycles. The van der Waals surface area contributed by atoms with E-state index in [0.717, 1.165) is 25.1 Å². The first-order valence-electron chi connectivity index (χ1n) is 8.17. The smallest absolute Gasteiger partial charge is 0.120 e. The van der Waals surface area contributed by atoms with Crippen LogP contribution >= 0.6 is 0 Å². The van der Waals surface area contributed by atoms with E-state index < -0.39 is 0 Å². The molecule has 0 amide bonds. The van der Waals surface area contributed by atoms with Crippen molar-refractivity contribution in [3.05, 3.63) is 29.8 Å². The molecule has 0 radical (unpaired) electrons. The van der Waals surface area contributed by atoms with Crippen molar-refractivity contribution >= 4 is 0 Å². The second-order valence-electron chi connectivity index (χ2n) is 6.23. The summed E-state index contributed by atoms with van der Waals surface area (Å²) in [5.41, 5.74) is 1.66. The highest BCUT2D eigenvalue weighted by atomic mass is 16.3. The van der Waals surface area contributed by atoms with Crippen molar-refractivity contribution in [1.29, 1.82) is 0 Å². The van der Waals surface area contributed by atoms with Gasteiger partial charge in [0.2, 0.25) is 0 Å². The van der Waals surface area contributed by atoms with Crippen LogP contribution in [0.25, 0.3) is 0 Å². The summed E-state index contributed by atoms with van der Waals surface area (Å²) in [4.78, 5) is 2.57. The lowest BCUT2D eigenvalue weighted by molar-refractivity contribution is 0.0634. The summed E-state index contributed by atoms with van der Waals surface area (Å²) in [6.45, 7) is 9.21. The second-order valence-corrected chi connectivity index (χ2v) is 6.23. The van der Waals surface area contributed by atoms with Gasteiger partial charge in [0.1, 0.15) is 5.75 Å². The number of para-hydroxylation sites is 1. The number of likely N-dealkylation sites (tertiary alicyclic amines) is 1. The van der Waals surface area contributed by atoms with Crippen LogP contribution in [0.3, 0.4) is 0 Å². The lowest BCUT2D eigenvalue weighted by atomic mass is 9.74. The molecule has 1 aromatic rings. The third kappa shape index (κ3) is 3.01. The van der Waals surface area contributed by atoms with Crippen LogP contribution in [-0.4, -0.2) is 23.1 Å². The van der Waals surface area contributed by atoms with Crippen LogP contribution in [-0.2, 0) is 0 Å². The lowest BCUT2D eigenvalue weighted by Gasteiger charge is -2.44. The molecule has 1 heterocycles. The number of aromatic hydroxyl groups is 1. The Bertz CT molecular complexity index is 415. The van der Waals surface area contributed by atoms with Crippen molar-refractivity contribution < 1.29 is 5.11 Å². The Balaban J connectivity index is 2.10. The first-order chi connectivity index (χ1) is 9.65. The SMILES string of the molecule is CCC(c1ccccc1O)N1CCC(CC)(CC)CC1. The number of phenols is 1. The fourth-order valence-electron chi connectivity index (χ4n) is 3.71. The lowest BCUT2D eigenvalue weighted by Crippen LogP contribution is -2.41. The number of hydrogen-bond acceptors (Lipinski definition) is 2. The van der Waals surface area contributed by atoms with Crippen LogP contribution in [0, 0.1) is 5.41 Å². The maximum absolute atomic E-state index is 10.1. The van der Waals surface area contributed by atoms with Gasteiger partial charge in [0.05, 0.1) is 0 Å². The average molecular weight is 275 g/mol. The number of phenolic OH excluding ortho intramolecular Hbond substituents is 1. The molecule has 2 rings (SSSR count). The Morgan fingerprint density at radius 2 is 1.70 bits per heavy atom. The number of piperidine rings is 1. The van der Waals surface area contributed by atoms with E-state index in [1.807, 2.05) is 18.2 Å². The molecule has 1 aliphatic rings. The third-order valence-corrected chi connectivity index (χ3v) is 5.48. The summed E-state index contributed by atoms with van der Waals surface area (Å²) >= 11 is 0. The van der Waals surface area contributed by atoms with Gasteiger partial charge >= 0.3 is 0 Å². The topological polar surface area (TPSA) is 23.5 Å². The number of rotatable bonds is 5. The van der Waals surface area contributed by atoms with Crippen molar-refractivity contribution in [2.75, 3.05) is 13.1 Å². The average Bonchev–Trinajstić information content (AvgIpc) is 2.51. The zero-order valence-corrected chi connectivity index (χ0v) is 13.2. The Hall–Kier alpha value is -1.02. The van der Waals surface area contributed by atoms with Crippen molar-refractivity contribution in [2.24, 2.45) is 5.41 Å². The van der Waals surface area contributed by atoms with E-state index in [1.54, 1.807) is 0 Å². The Labute approximate surface area is 123 Å². The van der Waals surface area contributed by atoms with Gasteiger partial charge in [0.15, 0.2) is 0 Å². The Kier molecular flexibility index (Phi) is 5.09. The number of hydrogen-bond donors (Lipinski definition) is 1. The van der Waals surface area contributed by atoms with Gasteiger partial charge in [-0.15, -0.1) is 0 Å². The minimum absolute atomic E-state index is 0.364. The van der Waals surface area contributed by atoms with Crippen LogP contribution in [0.1, 0.15) is 64.5 Å². The van der Waals surface area contributed by atoms with Crippen LogP contribution in [0.15, 0.2) is 24.3 Å². The minimum atomic E-state index is 0.364. The summed E-state index contributed by atoms with van der Waals surface area (Å²) in [6, 6.07) is 8.18. The van der Waals surface area contributed by atoms with Crippen molar-refractivity contribution in [1.82, 2.24) is 4.90 Å². The number of benzene rings is 1. The van der Waals surface area contributed by atoms with E-state index in [4.69, 9.17) is 0 Å². The molecule has 1 fully saturated rings. The molecule has 112 valence electrons. The van der Waals surface area contributed by atoms with E-state index in [-0.39, 0.29) is 0 Å². The second kappa shape index (κ2) is 6.62. The highest BCUT2D eigenvalue weighted by molar-refractivity contribution is 5.34. The predicted molar refractivity (Wildman–Crippen MR) is 85.0 cm³/mol. The highest BCUT2D eigenvalue weighted by Crippen LogP contribution is 2.41. The summed E-state index contributed by atoms with van der Waals surface area (Å²) in [7, 11) is 0. The van der Waals surface area contributed by atoms with E-state index >= 15 is 0 Å². The van der Waals surface area contributed by atoms with E-state index in [1.165, 1.54) is 25.7 Å². The molecule has 0 aliphatic carbocycles. The van der Waals surface area contributed by atoms with E-state index in [9.17, 15) is 5.11 Å². The van der Waals surface area contributed by atoms with Gasteiger partial charge in [-0.2, -0.15) is 0 Å². The van der Waals surface area contributed by atoms with Crippen LogP contribution in [0.5, 0.6) is 5.75 Å². The normalized spacial score (nSPS) is 20.8. The standard InChI is InChI=1S/C18H29NO/c1-4-16(15-9-7-8-10-17(15)20)19-13-11-18(5-2,6-3)12-14-19/h7-10,16,20H,4-6,11-14H2,1-3H3. The summed E-state index contributed by atoms with van der Waals surface area (Å²) < 4.78 is 0. The molecule has 0 saturated carbocycles. The van der Waals surface area contributed by atoms with Gasteiger partial charge in [-0.3, -0.25) is 4.90 Å². The summed E-state index contributed by atoms with van der Waals surface area (Å²) in [6.07, 6.45) is 6.24. The van der Waals surface area contributed by atoms with Crippen molar-refractivity contribution in [3.8, 4) is 5.75 Å². The quantitative estimate of drug-likeness (QED) is 0.838. The first kappa shape index (κ1) is 15.4. The molecular weight excluding hydrogens is 246 g/mol. The fraction of sp³-hybridized carbons (Fsp3) is 0.667. The largest absolute Gasteiger partial charge is 0.508 e. The van der Waals surface area contributed by atoms with Crippen LogP contribution in [0.2, 0.25) is 0 Å². The zero-order chi connectivity index (χ0) is 14.6. The molecule has 0 spiro atoms. The zero-order valence-electron chi connectivity index (χ0n) is 13.2. The molecule has 2 heteroatoms. The van der Waals surface area contributed by atoms with Gasteiger partial charge in [0.25, 0.3) is 0 Å². The fourth-order valence-corrected chi connectivity index (χ4v) is 3.71. The van der Waals surface area contributed by atoms with Crippen molar-refractivity contribution in [2.45, 2.75) is 58.9 Å². The van der Waals surface area contributed by atoms with Gasteiger partial charge < -0.3 is 5.11 Å². The minimum Gasteiger partial charge on any atom is -0.508 e. The van der Waals surface area contributed by atoms with Gasteiger partial charge in [0, 0.05) is 11.6 Å². The Morgan fingerprint density at radius 1 is 1.10 bits per heavy atom. The van der Waals surface area contributed by atoms with Crippen molar-refractivity contribution in [3.63, 3.8) is 0 Å². The molecule has 1 aromatic carbocycles. The highest BCUT2D eigenvalue weighted by Gasteiger charge is 2.34. The maximum Gasteiger partial charge on any atom is 0.120 e. The molecule has 0 bridgehead atoms. The van der Waals surface area contributed by atoms with Gasteiger partial charge in [-0.25, -0.2) is 0 Å². The molecule has 1 unspecified atom stereocenters. The van der Waals surface area contributed by atoms with Gasteiger partial charge in [-0.05, 0) is 43.8 Å². The number of nitrogens with zero attached hydrogens (tertiary/aromatic N) is 1. The maximum atomic E-state index is 10.1. The molecule has 0 aromatic heterocycles. The van der Waals surface area contributed by atoms with Crippen LogP contribution < -0.4 is 0 Å². The van der Waals surface area contributed by atoms with Crippen LogP contribution in [0.4, 0.5) is 0 Å². The first-order valence-corrected chi connectivity index (χ1v) is 8.17. The predicted octanol–water partition coefficient (Wildman–Crippen LogP) is 4.75.